The summed E-state index contributed by atoms with van der Waals surface area (Å²) in [6.07, 6.45) is 33.0. The van der Waals surface area contributed by atoms with Gasteiger partial charge in [0.15, 0.2) is 14.9 Å². The fourth-order valence-corrected chi connectivity index (χ4v) is 17.8. The predicted molar refractivity (Wildman–Crippen MR) is 460 cm³/mol. The molecule has 4 aliphatic heterocycles. The molecule has 20 rings (SSSR count). The molecule has 24 nitrogen and oxygen atoms in total. The normalized spacial score (nSPS) is 12.8. The summed E-state index contributed by atoms with van der Waals surface area (Å²) >= 11 is 5.71. The Morgan fingerprint density at radius 2 is 0.760 bits per heavy atom. The fourth-order valence-electron chi connectivity index (χ4n) is 15.9. The maximum atomic E-state index is 14.6. The first kappa shape index (κ1) is 82.7. The molecule has 16 aromatic rings. The zero-order valence-corrected chi connectivity index (χ0v) is 70.9. The molecule has 0 bridgehead atoms. The first-order chi connectivity index (χ1) is 58.6. The molecule has 0 saturated carbocycles. The molecule has 0 atom stereocenters. The molecule has 0 aliphatic carbocycles. The first-order valence-electron chi connectivity index (χ1n) is 39.2. The number of nitrogens with zero attached hydrogens (tertiary/aromatic N) is 16. The van der Waals surface area contributed by atoms with Crippen LogP contribution in [0.1, 0.15) is 90.6 Å². The van der Waals surface area contributed by atoms with E-state index < -0.39 is 17.0 Å². The van der Waals surface area contributed by atoms with E-state index in [1.807, 2.05) is 82.9 Å². The van der Waals surface area contributed by atoms with Crippen LogP contribution in [0, 0.1) is 54.7 Å². The van der Waals surface area contributed by atoms with Crippen molar-refractivity contribution < 1.29 is 55.0 Å². The van der Waals surface area contributed by atoms with Crippen molar-refractivity contribution in [3.63, 3.8) is 0 Å². The first-order valence-corrected chi connectivity index (χ1v) is 43.0. The van der Waals surface area contributed by atoms with E-state index in [0.29, 0.717) is 118 Å². The second-order valence-electron chi connectivity index (χ2n) is 29.2. The van der Waals surface area contributed by atoms with E-state index in [2.05, 4.69) is 93.3 Å². The quantitative estimate of drug-likeness (QED) is 0.0486. The van der Waals surface area contributed by atoms with Gasteiger partial charge in [0.1, 0.15) is 98.6 Å². The molecule has 2 N–H and O–H groups in total. The van der Waals surface area contributed by atoms with Gasteiger partial charge in [0.25, 0.3) is 0 Å². The summed E-state index contributed by atoms with van der Waals surface area (Å²) in [5.74, 6) is 5.55. The van der Waals surface area contributed by atoms with Gasteiger partial charge in [-0.15, -0.1) is 0 Å². The van der Waals surface area contributed by atoms with Crippen LogP contribution in [0.15, 0.2) is 194 Å². The van der Waals surface area contributed by atoms with Crippen LogP contribution in [-0.4, -0.2) is 136 Å². The monoisotopic (exact) mass is 1820 g/mol. The molecule has 614 valence electrons. The summed E-state index contributed by atoms with van der Waals surface area (Å²) < 4.78 is 114. The van der Waals surface area contributed by atoms with Crippen LogP contribution in [0.2, 0.25) is 0 Å². The summed E-state index contributed by atoms with van der Waals surface area (Å²) in [6, 6.07) is 27.6. The van der Waals surface area contributed by atoms with Gasteiger partial charge in [-0.3, -0.25) is 37.5 Å². The van der Waals surface area contributed by atoms with Crippen molar-refractivity contribution in [2.75, 3.05) is 32.7 Å². The number of rotatable bonds is 17. The van der Waals surface area contributed by atoms with Gasteiger partial charge in [0.2, 0.25) is 0 Å². The lowest BCUT2D eigenvalue weighted by molar-refractivity contribution is 0.356. The highest BCUT2D eigenvalue weighted by molar-refractivity contribution is 14.1. The van der Waals surface area contributed by atoms with Crippen LogP contribution < -0.4 is 24.4 Å². The van der Waals surface area contributed by atoms with Crippen LogP contribution in [0.25, 0.3) is 55.4 Å². The molecule has 16 heterocycles. The van der Waals surface area contributed by atoms with Crippen molar-refractivity contribution >= 4 is 83.0 Å². The van der Waals surface area contributed by atoms with Gasteiger partial charge >= 0.3 is 7.12 Å². The summed E-state index contributed by atoms with van der Waals surface area (Å²) in [6.45, 7) is 9.98. The number of pyridine rings is 4. The number of benzene rings is 4. The average molecular weight is 1830 g/mol. The van der Waals surface area contributed by atoms with Gasteiger partial charge in [-0.2, -0.15) is 0 Å². The zero-order valence-electron chi connectivity index (χ0n) is 66.4. The number of ether oxygens (including phenoxy) is 4. The number of aryl methyl sites for hydroxylation is 8. The van der Waals surface area contributed by atoms with Crippen LogP contribution in [0.3, 0.4) is 0 Å². The zero-order chi connectivity index (χ0) is 84.2. The van der Waals surface area contributed by atoms with Gasteiger partial charge in [-0.25, -0.2) is 65.9 Å². The Balaban J connectivity index is 0.000000116. The van der Waals surface area contributed by atoms with Crippen LogP contribution in [-0.2, 0) is 86.9 Å². The lowest BCUT2D eigenvalue weighted by atomic mass is 9.79. The number of hydrogen-bond donors (Lipinski definition) is 2. The van der Waals surface area contributed by atoms with Crippen LogP contribution in [0.4, 0.5) is 17.6 Å². The third-order valence-electron chi connectivity index (χ3n) is 22.0. The fraction of sp³-hybridized carbons (Fsp3) is 0.236. The smallest absolute Gasteiger partial charge is 0.490 e. The molecule has 32 heteroatoms. The number of sulfone groups is 1. The van der Waals surface area contributed by atoms with Gasteiger partial charge < -0.3 is 29.0 Å². The maximum absolute atomic E-state index is 14.6. The molecule has 4 aromatic carbocycles. The SMILES string of the molecule is Cc1ncccc1-c1cnc(CCc2c(F)ccc3c2CCO3)n2cnc(I)c12.Cc1ncccc1-c1cnc(CCc2c(F)ccc3c2CCO3)n2cnc(S(C)(=O)=O)c12.Cc1ncccc1-c1cnc(CCc2c(F)ccc3c2CCO3)n2cncc12.Cc1ncccc1B(O)O.Fc1ccc2c(c1CCc1ncc(Br)c3cncn13)CCO2. The standard InChI is InChI=1S/C23H21FN4O3S.C22H18FIN4O.C22H19FN4O.C16H13BrFN3O.C6H8BNO2/c1-14-15(4-3-10-25-14)18-12-26-21(28-13-27-23(22(18)28)32(2,29)30)8-5-16-17-9-11-31-20(17)7-6-19(16)24;1-13-14(3-2-9-25-13)17-11-26-20(28-12-27-22(24)21(17)28)7-4-15-16-8-10-29-19(16)6-5-18(15)23;1-14-15(3-2-9-25-14)18-11-26-22(27-13-24-12-20(18)27)7-4-16-17-8-10-28-21(17)6-5-19(16)23;17-12-7-20-16(21-9-19-8-14(12)21)4-1-10-11-5-6-22-15(11)3-2-13(10)18;1-5-6(7(9)10)3-2-4-8-5/h3-4,6-7,10,12-13H,5,8-9,11H2,1-2H3;2-3,5-6,9,11-12H,4,7-8,10H2,1H3;2-3,5-6,9,11-13H,4,7-8,10H2,1H3;2-3,7-9H,1,4-6H2;2-4,9-10H,1H3. The highest BCUT2D eigenvalue weighted by atomic mass is 127. The summed E-state index contributed by atoms with van der Waals surface area (Å²) in [5.41, 5.74) is 19.4. The van der Waals surface area contributed by atoms with Crippen molar-refractivity contribution in [2.24, 2.45) is 0 Å². The summed E-state index contributed by atoms with van der Waals surface area (Å²) in [7, 11) is -4.99. The van der Waals surface area contributed by atoms with Gasteiger partial charge in [-0.1, -0.05) is 24.3 Å². The Morgan fingerprint density at radius 3 is 1.17 bits per heavy atom. The van der Waals surface area contributed by atoms with Crippen molar-refractivity contribution in [1.82, 2.24) is 77.4 Å². The highest BCUT2D eigenvalue weighted by Crippen LogP contribution is 2.39. The lowest BCUT2D eigenvalue weighted by Gasteiger charge is -2.13. The van der Waals surface area contributed by atoms with E-state index in [1.165, 1.54) is 30.6 Å². The van der Waals surface area contributed by atoms with Crippen LogP contribution in [0.5, 0.6) is 23.0 Å². The maximum Gasteiger partial charge on any atom is 0.490 e. The third kappa shape index (κ3) is 17.4. The molecule has 121 heavy (non-hydrogen) atoms. The Kier molecular flexibility index (Phi) is 24.7. The van der Waals surface area contributed by atoms with Crippen molar-refractivity contribution in [3.05, 3.63) is 306 Å². The second-order valence-corrected chi connectivity index (χ2v) is 33.1. The Morgan fingerprint density at radius 1 is 0.405 bits per heavy atom. The van der Waals surface area contributed by atoms with Crippen molar-refractivity contribution in [3.8, 4) is 56.4 Å². The summed E-state index contributed by atoms with van der Waals surface area (Å²) in [5, 5.41) is 17.4. The minimum absolute atomic E-state index is 0.0143. The second kappa shape index (κ2) is 36.1. The van der Waals surface area contributed by atoms with Gasteiger partial charge in [0.05, 0.1) is 65.4 Å². The molecular formula is C89H79BBrF4IN16O8S. The lowest BCUT2D eigenvalue weighted by Crippen LogP contribution is -2.32. The summed E-state index contributed by atoms with van der Waals surface area (Å²) in [4.78, 5) is 52.6. The largest absolute Gasteiger partial charge is 0.493 e. The van der Waals surface area contributed by atoms with E-state index in [4.69, 9.17) is 34.0 Å². The minimum Gasteiger partial charge on any atom is -0.493 e. The third-order valence-corrected chi connectivity index (χ3v) is 24.4. The average Bonchev–Trinajstić information content (AvgIpc) is 1.65. The van der Waals surface area contributed by atoms with E-state index in [0.717, 1.165) is 175 Å². The van der Waals surface area contributed by atoms with Crippen molar-refractivity contribution in [2.45, 2.75) is 110 Å². The predicted octanol–water partition coefficient (Wildman–Crippen LogP) is 14.3. The Bertz CT molecular complexity index is 6740. The molecule has 0 spiro atoms. The van der Waals surface area contributed by atoms with Gasteiger partial charge in [-0.05, 0) is 187 Å². The van der Waals surface area contributed by atoms with E-state index in [9.17, 15) is 26.0 Å². The molecule has 0 saturated heterocycles. The number of imidazole rings is 4. The minimum atomic E-state index is -3.58. The Hall–Kier alpha value is -12.0. The molecular weight excluding hydrogens is 1750 g/mol. The topological polar surface area (TPSA) is 284 Å². The molecule has 0 amide bonds. The Labute approximate surface area is 715 Å². The van der Waals surface area contributed by atoms with Crippen LogP contribution >= 0.6 is 38.5 Å². The van der Waals surface area contributed by atoms with E-state index in [-0.39, 0.29) is 28.3 Å². The van der Waals surface area contributed by atoms with E-state index >= 15 is 0 Å². The molecule has 0 unspecified atom stereocenters. The number of aromatic nitrogens is 16. The van der Waals surface area contributed by atoms with Crippen molar-refractivity contribution in [1.29, 1.82) is 0 Å². The molecule has 0 fully saturated rings. The number of halogens is 6. The van der Waals surface area contributed by atoms with Gasteiger partial charge in [0, 0.05) is 191 Å². The number of fused-ring (bicyclic) bond motifs is 8. The molecule has 0 radical (unpaired) electrons. The molecule has 4 aliphatic rings. The highest BCUT2D eigenvalue weighted by Gasteiger charge is 2.28. The number of hydrogen-bond acceptors (Lipinski definition) is 20. The van der Waals surface area contributed by atoms with E-state index in [1.54, 1.807) is 116 Å². The molecule has 12 aromatic heterocycles.